The lowest BCUT2D eigenvalue weighted by molar-refractivity contribution is 0.0944. The van der Waals surface area contributed by atoms with Gasteiger partial charge in [-0.25, -0.2) is 9.97 Å². The van der Waals surface area contributed by atoms with Gasteiger partial charge in [-0.2, -0.15) is 0 Å². The molecule has 0 bridgehead atoms. The number of benzene rings is 1. The molecule has 0 radical (unpaired) electrons. The molecule has 2 rings (SSSR count). The maximum atomic E-state index is 12.3. The van der Waals surface area contributed by atoms with E-state index in [0.717, 1.165) is 17.9 Å². The molecule has 1 aromatic heterocycles. The van der Waals surface area contributed by atoms with Crippen LogP contribution in [0.4, 0.5) is 11.6 Å². The molecule has 0 spiro atoms. The van der Waals surface area contributed by atoms with Crippen molar-refractivity contribution < 1.29 is 4.79 Å². The predicted octanol–water partition coefficient (Wildman–Crippen LogP) is 3.64. The fourth-order valence-corrected chi connectivity index (χ4v) is 2.41. The average molecular weight is 326 g/mol. The zero-order valence-electron chi connectivity index (χ0n) is 15.1. The van der Waals surface area contributed by atoms with E-state index in [0.29, 0.717) is 24.1 Å². The third kappa shape index (κ3) is 4.54. The van der Waals surface area contributed by atoms with Crippen LogP contribution in [0.25, 0.3) is 0 Å². The van der Waals surface area contributed by atoms with Crippen molar-refractivity contribution in [3.63, 3.8) is 0 Å². The van der Waals surface area contributed by atoms with Crippen LogP contribution >= 0.6 is 0 Å². The van der Waals surface area contributed by atoms with Gasteiger partial charge in [0.25, 0.3) is 5.91 Å². The summed E-state index contributed by atoms with van der Waals surface area (Å²) in [5.41, 5.74) is 3.38. The van der Waals surface area contributed by atoms with Crippen LogP contribution in [0.3, 0.4) is 0 Å². The number of rotatable bonds is 6. The fraction of sp³-hybridized carbons (Fsp3) is 0.421. The Labute approximate surface area is 144 Å². The van der Waals surface area contributed by atoms with E-state index in [9.17, 15) is 4.79 Å². The first-order valence-electron chi connectivity index (χ1n) is 8.38. The molecule has 0 fully saturated rings. The highest BCUT2D eigenvalue weighted by Gasteiger charge is 2.15. The van der Waals surface area contributed by atoms with Crippen LogP contribution < -0.4 is 10.2 Å². The Bertz CT molecular complexity index is 712. The molecule has 0 unspecified atom stereocenters. The molecular weight excluding hydrogens is 300 g/mol. The molecule has 128 valence electrons. The Kier molecular flexibility index (Phi) is 5.90. The second kappa shape index (κ2) is 7.90. The smallest absolute Gasteiger partial charge is 0.270 e. The highest BCUT2D eigenvalue weighted by atomic mass is 16.1. The molecule has 5 heteroatoms. The summed E-state index contributed by atoms with van der Waals surface area (Å²) in [7, 11) is 0. The molecule has 1 heterocycles. The summed E-state index contributed by atoms with van der Waals surface area (Å²) in [4.78, 5) is 23.4. The number of nitrogens with zero attached hydrogens (tertiary/aromatic N) is 3. The lowest BCUT2D eigenvalue weighted by Crippen LogP contribution is -2.29. The summed E-state index contributed by atoms with van der Waals surface area (Å²) in [6.07, 6.45) is 0. The maximum Gasteiger partial charge on any atom is 0.270 e. The van der Waals surface area contributed by atoms with E-state index in [-0.39, 0.29) is 5.91 Å². The van der Waals surface area contributed by atoms with Crippen molar-refractivity contribution in [2.45, 2.75) is 34.6 Å². The highest BCUT2D eigenvalue weighted by Crippen LogP contribution is 2.23. The SMILES string of the molecule is CCN(c1cccc(C)c1)c1nc(C)cc(C(=O)NCC(C)C)n1. The summed E-state index contributed by atoms with van der Waals surface area (Å²) < 4.78 is 0. The summed E-state index contributed by atoms with van der Waals surface area (Å²) >= 11 is 0. The summed E-state index contributed by atoms with van der Waals surface area (Å²) in [6, 6.07) is 9.91. The third-order valence-corrected chi connectivity index (χ3v) is 3.62. The molecule has 0 aliphatic rings. The zero-order valence-corrected chi connectivity index (χ0v) is 15.1. The fourth-order valence-electron chi connectivity index (χ4n) is 2.41. The van der Waals surface area contributed by atoms with Crippen molar-refractivity contribution in [1.82, 2.24) is 15.3 Å². The number of nitrogens with one attached hydrogen (secondary N) is 1. The lowest BCUT2D eigenvalue weighted by atomic mass is 10.2. The molecule has 1 amide bonds. The van der Waals surface area contributed by atoms with Crippen molar-refractivity contribution in [3.8, 4) is 0 Å². The average Bonchev–Trinajstić information content (AvgIpc) is 2.53. The van der Waals surface area contributed by atoms with E-state index in [4.69, 9.17) is 0 Å². The number of hydrogen-bond donors (Lipinski definition) is 1. The first-order chi connectivity index (χ1) is 11.4. The van der Waals surface area contributed by atoms with Crippen LogP contribution in [0, 0.1) is 19.8 Å². The molecule has 0 aliphatic heterocycles. The van der Waals surface area contributed by atoms with Gasteiger partial charge in [0.2, 0.25) is 5.95 Å². The number of anilines is 2. The third-order valence-electron chi connectivity index (χ3n) is 3.62. The van der Waals surface area contributed by atoms with Gasteiger partial charge in [-0.05, 0) is 50.5 Å². The number of carbonyl (C=O) groups excluding carboxylic acids is 1. The molecule has 1 aromatic carbocycles. The Morgan fingerprint density at radius 2 is 1.96 bits per heavy atom. The number of aryl methyl sites for hydroxylation is 2. The molecule has 2 aromatic rings. The molecule has 1 N–H and O–H groups in total. The number of carbonyl (C=O) groups is 1. The Balaban J connectivity index is 2.33. The molecule has 24 heavy (non-hydrogen) atoms. The van der Waals surface area contributed by atoms with Gasteiger partial charge in [-0.3, -0.25) is 4.79 Å². The minimum atomic E-state index is -0.157. The molecule has 0 aliphatic carbocycles. The van der Waals surface area contributed by atoms with Crippen LogP contribution in [-0.4, -0.2) is 29.0 Å². The van der Waals surface area contributed by atoms with Crippen LogP contribution in [0.2, 0.25) is 0 Å². The Hall–Kier alpha value is -2.43. The summed E-state index contributed by atoms with van der Waals surface area (Å²) in [6.45, 7) is 11.5. The minimum absolute atomic E-state index is 0.157. The van der Waals surface area contributed by atoms with Crippen molar-refractivity contribution in [1.29, 1.82) is 0 Å². The molecule has 0 atom stereocenters. The number of aromatic nitrogens is 2. The monoisotopic (exact) mass is 326 g/mol. The topological polar surface area (TPSA) is 58.1 Å². The van der Waals surface area contributed by atoms with Crippen LogP contribution in [0.15, 0.2) is 30.3 Å². The van der Waals surface area contributed by atoms with Crippen molar-refractivity contribution in [3.05, 3.63) is 47.3 Å². The quantitative estimate of drug-likeness (QED) is 0.880. The van der Waals surface area contributed by atoms with Crippen LogP contribution in [0.1, 0.15) is 42.5 Å². The molecular formula is C19H26N4O. The largest absolute Gasteiger partial charge is 0.350 e. The van der Waals surface area contributed by atoms with E-state index >= 15 is 0 Å². The van der Waals surface area contributed by atoms with Gasteiger partial charge >= 0.3 is 0 Å². The van der Waals surface area contributed by atoms with Gasteiger partial charge in [-0.1, -0.05) is 26.0 Å². The zero-order chi connectivity index (χ0) is 17.7. The van der Waals surface area contributed by atoms with Crippen molar-refractivity contribution in [2.24, 2.45) is 5.92 Å². The van der Waals surface area contributed by atoms with E-state index in [1.165, 1.54) is 5.56 Å². The highest BCUT2D eigenvalue weighted by molar-refractivity contribution is 5.92. The normalized spacial score (nSPS) is 10.8. The first kappa shape index (κ1) is 17.9. The Morgan fingerprint density at radius 1 is 1.21 bits per heavy atom. The van der Waals surface area contributed by atoms with Crippen LogP contribution in [-0.2, 0) is 0 Å². The van der Waals surface area contributed by atoms with Gasteiger partial charge in [0, 0.05) is 24.5 Å². The van der Waals surface area contributed by atoms with Gasteiger partial charge < -0.3 is 10.2 Å². The van der Waals surface area contributed by atoms with Gasteiger partial charge in [-0.15, -0.1) is 0 Å². The summed E-state index contributed by atoms with van der Waals surface area (Å²) in [5, 5.41) is 2.91. The van der Waals surface area contributed by atoms with Crippen molar-refractivity contribution in [2.75, 3.05) is 18.0 Å². The number of hydrogen-bond acceptors (Lipinski definition) is 4. The number of amides is 1. The van der Waals surface area contributed by atoms with Gasteiger partial charge in [0.1, 0.15) is 5.69 Å². The second-order valence-corrected chi connectivity index (χ2v) is 6.38. The van der Waals surface area contributed by atoms with E-state index < -0.39 is 0 Å². The minimum Gasteiger partial charge on any atom is -0.350 e. The predicted molar refractivity (Wildman–Crippen MR) is 97.8 cm³/mol. The standard InChI is InChI=1S/C19H26N4O/c1-6-23(16-9-7-8-14(4)10-16)19-21-15(5)11-17(22-19)18(24)20-12-13(2)3/h7-11,13H,6,12H2,1-5H3,(H,20,24). The lowest BCUT2D eigenvalue weighted by Gasteiger charge is -2.22. The van der Waals surface area contributed by atoms with Gasteiger partial charge in [0.15, 0.2) is 0 Å². The maximum absolute atomic E-state index is 12.3. The van der Waals surface area contributed by atoms with E-state index in [1.54, 1.807) is 6.07 Å². The summed E-state index contributed by atoms with van der Waals surface area (Å²) in [5.74, 6) is 0.796. The van der Waals surface area contributed by atoms with Gasteiger partial charge in [0.05, 0.1) is 0 Å². The Morgan fingerprint density at radius 3 is 2.58 bits per heavy atom. The first-order valence-corrected chi connectivity index (χ1v) is 8.38. The van der Waals surface area contributed by atoms with Crippen LogP contribution in [0.5, 0.6) is 0 Å². The molecule has 5 nitrogen and oxygen atoms in total. The van der Waals surface area contributed by atoms with Crippen molar-refractivity contribution >= 4 is 17.5 Å². The second-order valence-electron chi connectivity index (χ2n) is 6.38. The van der Waals surface area contributed by atoms with E-state index in [2.05, 4.69) is 48.2 Å². The molecule has 0 saturated carbocycles. The van der Waals surface area contributed by atoms with E-state index in [1.807, 2.05) is 30.9 Å². The molecule has 0 saturated heterocycles.